The molecular weight excluding hydrogens is 242 g/mol. The molecule has 1 aromatic rings. The van der Waals surface area contributed by atoms with Crippen LogP contribution in [0.2, 0.25) is 0 Å². The third kappa shape index (κ3) is 3.05. The summed E-state index contributed by atoms with van der Waals surface area (Å²) in [5.41, 5.74) is 0. The Morgan fingerprint density at radius 1 is 1.65 bits per heavy atom. The number of ether oxygens (including phenoxy) is 1. The van der Waals surface area contributed by atoms with Gasteiger partial charge in [0.2, 0.25) is 0 Å². The zero-order chi connectivity index (χ0) is 12.3. The highest BCUT2D eigenvalue weighted by Crippen LogP contribution is 2.12. The quantitative estimate of drug-likeness (QED) is 0.796. The van der Waals surface area contributed by atoms with Crippen molar-refractivity contribution in [3.63, 3.8) is 0 Å². The van der Waals surface area contributed by atoms with Crippen molar-refractivity contribution in [2.75, 3.05) is 19.8 Å². The van der Waals surface area contributed by atoms with Crippen LogP contribution >= 0.6 is 0 Å². The molecule has 2 rings (SSSR count). The fourth-order valence-corrected chi connectivity index (χ4v) is 2.76. The van der Waals surface area contributed by atoms with Crippen LogP contribution in [0.15, 0.2) is 11.2 Å². The minimum atomic E-state index is -3.46. The number of nitrogens with zero attached hydrogens (tertiary/aromatic N) is 1. The summed E-state index contributed by atoms with van der Waals surface area (Å²) in [6, 6.07) is 0. The SMILES string of the molecule is CCc1ncc(S(=O)(=O)NCC2CCOC2)[nH]1. The van der Waals surface area contributed by atoms with E-state index in [4.69, 9.17) is 4.74 Å². The molecule has 7 heteroatoms. The summed E-state index contributed by atoms with van der Waals surface area (Å²) in [4.78, 5) is 6.77. The van der Waals surface area contributed by atoms with Gasteiger partial charge < -0.3 is 9.72 Å². The monoisotopic (exact) mass is 259 g/mol. The minimum absolute atomic E-state index is 0.133. The number of aromatic amines is 1. The molecule has 2 N–H and O–H groups in total. The van der Waals surface area contributed by atoms with Crippen molar-refractivity contribution in [2.45, 2.75) is 24.8 Å². The van der Waals surface area contributed by atoms with E-state index in [1.54, 1.807) is 0 Å². The zero-order valence-corrected chi connectivity index (χ0v) is 10.6. The summed E-state index contributed by atoms with van der Waals surface area (Å²) in [7, 11) is -3.46. The molecule has 0 aliphatic carbocycles. The van der Waals surface area contributed by atoms with E-state index in [2.05, 4.69) is 14.7 Å². The van der Waals surface area contributed by atoms with Crippen LogP contribution in [0, 0.1) is 5.92 Å². The van der Waals surface area contributed by atoms with Gasteiger partial charge in [-0.25, -0.2) is 18.1 Å². The smallest absolute Gasteiger partial charge is 0.257 e. The minimum Gasteiger partial charge on any atom is -0.381 e. The lowest BCUT2D eigenvalue weighted by Gasteiger charge is -2.08. The van der Waals surface area contributed by atoms with E-state index in [1.165, 1.54) is 6.20 Å². The normalized spacial score (nSPS) is 20.9. The largest absolute Gasteiger partial charge is 0.381 e. The number of nitrogens with one attached hydrogen (secondary N) is 2. The number of aryl methyl sites for hydroxylation is 1. The molecule has 0 radical (unpaired) electrons. The van der Waals surface area contributed by atoms with Crippen LogP contribution in [0.3, 0.4) is 0 Å². The maximum atomic E-state index is 11.9. The highest BCUT2D eigenvalue weighted by Gasteiger charge is 2.21. The second-order valence-corrected chi connectivity index (χ2v) is 5.86. The van der Waals surface area contributed by atoms with Crippen LogP contribution in [0.5, 0.6) is 0 Å². The second-order valence-electron chi connectivity index (χ2n) is 4.13. The van der Waals surface area contributed by atoms with Gasteiger partial charge in [-0.3, -0.25) is 0 Å². The van der Waals surface area contributed by atoms with E-state index in [0.717, 1.165) is 13.0 Å². The molecule has 17 heavy (non-hydrogen) atoms. The predicted octanol–water partition coefficient (Wildman–Crippen LogP) is 0.287. The van der Waals surface area contributed by atoms with Gasteiger partial charge in [-0.1, -0.05) is 6.92 Å². The molecule has 1 aromatic heterocycles. The van der Waals surface area contributed by atoms with Gasteiger partial charge in [-0.05, 0) is 12.3 Å². The van der Waals surface area contributed by atoms with Crippen LogP contribution in [-0.4, -0.2) is 38.1 Å². The average molecular weight is 259 g/mol. The molecule has 0 saturated carbocycles. The lowest BCUT2D eigenvalue weighted by Crippen LogP contribution is -2.29. The van der Waals surface area contributed by atoms with Crippen molar-refractivity contribution in [2.24, 2.45) is 5.92 Å². The zero-order valence-electron chi connectivity index (χ0n) is 9.77. The molecule has 1 atom stereocenters. The number of aromatic nitrogens is 2. The first-order chi connectivity index (χ1) is 8.12. The third-order valence-electron chi connectivity index (χ3n) is 2.82. The van der Waals surface area contributed by atoms with Gasteiger partial charge in [0.1, 0.15) is 5.82 Å². The van der Waals surface area contributed by atoms with Gasteiger partial charge in [0.05, 0.1) is 12.8 Å². The van der Waals surface area contributed by atoms with Crippen LogP contribution in [0.25, 0.3) is 0 Å². The number of hydrogen-bond donors (Lipinski definition) is 2. The van der Waals surface area contributed by atoms with E-state index < -0.39 is 10.0 Å². The maximum Gasteiger partial charge on any atom is 0.257 e. The standard InChI is InChI=1S/C10H17N3O3S/c1-2-9-11-6-10(13-9)17(14,15)12-5-8-3-4-16-7-8/h6,8,12H,2-5,7H2,1H3,(H,11,13). The first kappa shape index (κ1) is 12.5. The van der Waals surface area contributed by atoms with Crippen LogP contribution in [0.4, 0.5) is 0 Å². The van der Waals surface area contributed by atoms with E-state index in [9.17, 15) is 8.42 Å². The van der Waals surface area contributed by atoms with Crippen molar-refractivity contribution >= 4 is 10.0 Å². The molecule has 96 valence electrons. The average Bonchev–Trinajstić information content (AvgIpc) is 2.98. The van der Waals surface area contributed by atoms with Gasteiger partial charge in [-0.2, -0.15) is 0 Å². The fourth-order valence-electron chi connectivity index (χ4n) is 1.71. The molecule has 1 aliphatic rings. The Bertz CT molecular complexity index is 463. The number of H-pyrrole nitrogens is 1. The molecule has 1 fully saturated rings. The van der Waals surface area contributed by atoms with Gasteiger partial charge in [-0.15, -0.1) is 0 Å². The van der Waals surface area contributed by atoms with Crippen molar-refractivity contribution in [3.05, 3.63) is 12.0 Å². The van der Waals surface area contributed by atoms with Gasteiger partial charge in [0.25, 0.3) is 10.0 Å². The fraction of sp³-hybridized carbons (Fsp3) is 0.700. The second kappa shape index (κ2) is 5.16. The number of sulfonamides is 1. The molecular formula is C10H17N3O3S. The van der Waals surface area contributed by atoms with Crippen molar-refractivity contribution < 1.29 is 13.2 Å². The van der Waals surface area contributed by atoms with Crippen LogP contribution < -0.4 is 4.72 Å². The molecule has 1 saturated heterocycles. The summed E-state index contributed by atoms with van der Waals surface area (Å²) in [6.45, 7) is 3.68. The maximum absolute atomic E-state index is 11.9. The van der Waals surface area contributed by atoms with Crippen molar-refractivity contribution in [3.8, 4) is 0 Å². The lowest BCUT2D eigenvalue weighted by atomic mass is 10.1. The van der Waals surface area contributed by atoms with Crippen molar-refractivity contribution in [1.29, 1.82) is 0 Å². The molecule has 0 amide bonds. The van der Waals surface area contributed by atoms with Gasteiger partial charge >= 0.3 is 0 Å². The Morgan fingerprint density at radius 3 is 3.06 bits per heavy atom. The van der Waals surface area contributed by atoms with Gasteiger partial charge in [0, 0.05) is 19.6 Å². The summed E-state index contributed by atoms with van der Waals surface area (Å²) in [5.74, 6) is 0.952. The highest BCUT2D eigenvalue weighted by atomic mass is 32.2. The molecule has 0 aromatic carbocycles. The molecule has 1 aliphatic heterocycles. The first-order valence-corrected chi connectivity index (χ1v) is 7.21. The van der Waals surface area contributed by atoms with Crippen LogP contribution in [-0.2, 0) is 21.2 Å². The van der Waals surface area contributed by atoms with Crippen molar-refractivity contribution in [1.82, 2.24) is 14.7 Å². The summed E-state index contributed by atoms with van der Waals surface area (Å²) in [6.07, 6.45) is 2.95. The summed E-state index contributed by atoms with van der Waals surface area (Å²) >= 11 is 0. The Balaban J connectivity index is 1.97. The predicted molar refractivity (Wildman–Crippen MR) is 62.1 cm³/mol. The molecule has 0 spiro atoms. The molecule has 2 heterocycles. The van der Waals surface area contributed by atoms with E-state index in [1.807, 2.05) is 6.92 Å². The first-order valence-electron chi connectivity index (χ1n) is 5.73. The highest BCUT2D eigenvalue weighted by molar-refractivity contribution is 7.89. The summed E-state index contributed by atoms with van der Waals surface area (Å²) < 4.78 is 31.6. The Morgan fingerprint density at radius 2 is 2.47 bits per heavy atom. The number of hydrogen-bond acceptors (Lipinski definition) is 4. The summed E-state index contributed by atoms with van der Waals surface area (Å²) in [5, 5.41) is 0.133. The molecule has 0 bridgehead atoms. The van der Waals surface area contributed by atoms with E-state index in [0.29, 0.717) is 25.4 Å². The van der Waals surface area contributed by atoms with Gasteiger partial charge in [0.15, 0.2) is 5.03 Å². The third-order valence-corrected chi connectivity index (χ3v) is 4.15. The Kier molecular flexibility index (Phi) is 3.80. The van der Waals surface area contributed by atoms with E-state index in [-0.39, 0.29) is 10.9 Å². The Hall–Kier alpha value is -0.920. The number of rotatable bonds is 5. The lowest BCUT2D eigenvalue weighted by molar-refractivity contribution is 0.186. The van der Waals surface area contributed by atoms with Crippen LogP contribution in [0.1, 0.15) is 19.2 Å². The Labute approximate surface area is 101 Å². The topological polar surface area (TPSA) is 84.1 Å². The number of imidazole rings is 1. The molecule has 1 unspecified atom stereocenters. The van der Waals surface area contributed by atoms with E-state index >= 15 is 0 Å². The molecule has 6 nitrogen and oxygen atoms in total.